The van der Waals surface area contributed by atoms with Crippen LogP contribution in [0.4, 0.5) is 0 Å². The average Bonchev–Trinajstić information content (AvgIpc) is 1.92. The van der Waals surface area contributed by atoms with Gasteiger partial charge in [-0.15, -0.1) is 0 Å². The highest BCUT2D eigenvalue weighted by molar-refractivity contribution is 5.79. The third-order valence-corrected chi connectivity index (χ3v) is 3.32. The fraction of sp³-hybridized carbons (Fsp3) is 0.900. The zero-order chi connectivity index (χ0) is 9.26. The van der Waals surface area contributed by atoms with Gasteiger partial charge in [0.05, 0.1) is 0 Å². The van der Waals surface area contributed by atoms with E-state index in [2.05, 4.69) is 5.32 Å². The maximum Gasteiger partial charge on any atom is 0.223 e. The zero-order valence-corrected chi connectivity index (χ0v) is 7.83. The van der Waals surface area contributed by atoms with Crippen molar-refractivity contribution in [3.05, 3.63) is 0 Å². The van der Waals surface area contributed by atoms with Crippen molar-refractivity contribution in [3.63, 3.8) is 0 Å². The van der Waals surface area contributed by atoms with E-state index in [4.69, 9.17) is 5.11 Å². The molecule has 2 fully saturated rings. The van der Waals surface area contributed by atoms with E-state index in [1.165, 1.54) is 6.42 Å². The summed E-state index contributed by atoms with van der Waals surface area (Å²) in [6.07, 6.45) is 5.29. The fourth-order valence-electron chi connectivity index (χ4n) is 1.99. The Hall–Kier alpha value is -0.570. The Morgan fingerprint density at radius 2 is 2.08 bits per heavy atom. The van der Waals surface area contributed by atoms with Crippen molar-refractivity contribution in [2.45, 2.75) is 38.1 Å². The van der Waals surface area contributed by atoms with Crippen molar-refractivity contribution in [3.8, 4) is 0 Å². The highest BCUT2D eigenvalue weighted by Gasteiger charge is 2.32. The van der Waals surface area contributed by atoms with Gasteiger partial charge in [0.25, 0.3) is 0 Å². The molecule has 0 radical (unpaired) electrons. The molecule has 2 N–H and O–H groups in total. The maximum atomic E-state index is 11.4. The zero-order valence-electron chi connectivity index (χ0n) is 7.83. The lowest BCUT2D eigenvalue weighted by Crippen LogP contribution is -2.48. The standard InChI is InChI=1S/C10H17NO2/c12-6-7-4-9(5-7)11-10(13)8-2-1-3-8/h7-9,12H,1-6H2,(H,11,13). The topological polar surface area (TPSA) is 49.3 Å². The molecule has 0 bridgehead atoms. The minimum Gasteiger partial charge on any atom is -0.396 e. The van der Waals surface area contributed by atoms with Gasteiger partial charge in [0.2, 0.25) is 5.91 Å². The molecule has 2 aliphatic rings. The van der Waals surface area contributed by atoms with Crippen LogP contribution >= 0.6 is 0 Å². The van der Waals surface area contributed by atoms with E-state index >= 15 is 0 Å². The smallest absolute Gasteiger partial charge is 0.223 e. The SMILES string of the molecule is O=C(NC1CC(CO)C1)C1CCC1. The van der Waals surface area contributed by atoms with Gasteiger partial charge in [0, 0.05) is 18.6 Å². The largest absolute Gasteiger partial charge is 0.396 e. The number of nitrogens with one attached hydrogen (secondary N) is 1. The number of rotatable bonds is 3. The molecule has 3 nitrogen and oxygen atoms in total. The summed E-state index contributed by atoms with van der Waals surface area (Å²) >= 11 is 0. The minimum atomic E-state index is 0.243. The predicted octanol–water partition coefficient (Wildman–Crippen LogP) is 0.674. The van der Waals surface area contributed by atoms with Crippen molar-refractivity contribution in [2.24, 2.45) is 11.8 Å². The molecule has 0 heterocycles. The van der Waals surface area contributed by atoms with Crippen molar-refractivity contribution in [1.82, 2.24) is 5.32 Å². The Bertz CT molecular complexity index is 195. The third-order valence-electron chi connectivity index (χ3n) is 3.32. The van der Waals surface area contributed by atoms with Crippen LogP contribution in [0.2, 0.25) is 0 Å². The van der Waals surface area contributed by atoms with Gasteiger partial charge in [-0.25, -0.2) is 0 Å². The monoisotopic (exact) mass is 183 g/mol. The van der Waals surface area contributed by atoms with Crippen LogP contribution in [0.3, 0.4) is 0 Å². The van der Waals surface area contributed by atoms with Crippen LogP contribution < -0.4 is 5.32 Å². The number of hydrogen-bond donors (Lipinski definition) is 2. The first-order valence-electron chi connectivity index (χ1n) is 5.21. The summed E-state index contributed by atoms with van der Waals surface area (Å²) < 4.78 is 0. The quantitative estimate of drug-likeness (QED) is 0.675. The van der Waals surface area contributed by atoms with Crippen molar-refractivity contribution < 1.29 is 9.90 Å². The molecule has 0 spiro atoms. The average molecular weight is 183 g/mol. The summed E-state index contributed by atoms with van der Waals surface area (Å²) in [5.41, 5.74) is 0. The van der Waals surface area contributed by atoms with E-state index in [0.29, 0.717) is 17.9 Å². The molecule has 0 aliphatic heterocycles. The number of aliphatic hydroxyl groups excluding tert-OH is 1. The molecule has 13 heavy (non-hydrogen) atoms. The molecular weight excluding hydrogens is 166 g/mol. The number of carbonyl (C=O) groups excluding carboxylic acids is 1. The first-order valence-corrected chi connectivity index (χ1v) is 5.21. The van der Waals surface area contributed by atoms with Crippen LogP contribution in [0, 0.1) is 11.8 Å². The van der Waals surface area contributed by atoms with Crippen LogP contribution in [-0.2, 0) is 4.79 Å². The first kappa shape index (κ1) is 9.00. The maximum absolute atomic E-state index is 11.4. The van der Waals surface area contributed by atoms with Crippen molar-refractivity contribution in [2.75, 3.05) is 6.61 Å². The Labute approximate surface area is 78.5 Å². The molecular formula is C10H17NO2. The van der Waals surface area contributed by atoms with Crippen LogP contribution in [0.5, 0.6) is 0 Å². The molecule has 0 aromatic rings. The molecule has 0 unspecified atom stereocenters. The molecule has 2 saturated carbocycles. The van der Waals surface area contributed by atoms with E-state index in [-0.39, 0.29) is 12.5 Å². The van der Waals surface area contributed by atoms with Gasteiger partial charge in [-0.1, -0.05) is 6.42 Å². The molecule has 1 amide bonds. The summed E-state index contributed by atoms with van der Waals surface area (Å²) in [7, 11) is 0. The Balaban J connectivity index is 1.65. The number of aliphatic hydroxyl groups is 1. The van der Waals surface area contributed by atoms with Gasteiger partial charge in [-0.3, -0.25) is 4.79 Å². The van der Waals surface area contributed by atoms with Crippen LogP contribution in [0.1, 0.15) is 32.1 Å². The van der Waals surface area contributed by atoms with E-state index < -0.39 is 0 Å². The Morgan fingerprint density at radius 1 is 1.38 bits per heavy atom. The predicted molar refractivity (Wildman–Crippen MR) is 49.1 cm³/mol. The van der Waals surface area contributed by atoms with Crippen molar-refractivity contribution in [1.29, 1.82) is 0 Å². The normalized spacial score (nSPS) is 33.3. The van der Waals surface area contributed by atoms with Gasteiger partial charge in [-0.2, -0.15) is 0 Å². The molecule has 0 aromatic heterocycles. The molecule has 2 aliphatic carbocycles. The van der Waals surface area contributed by atoms with Crippen molar-refractivity contribution >= 4 is 5.91 Å². The lowest BCUT2D eigenvalue weighted by atomic mass is 9.79. The van der Waals surface area contributed by atoms with Crippen LogP contribution in [0.25, 0.3) is 0 Å². The summed E-state index contributed by atoms with van der Waals surface area (Å²) in [5.74, 6) is 0.979. The lowest BCUT2D eigenvalue weighted by Gasteiger charge is -2.36. The second-order valence-corrected chi connectivity index (χ2v) is 4.35. The Kier molecular flexibility index (Phi) is 2.54. The molecule has 2 rings (SSSR count). The van der Waals surface area contributed by atoms with E-state index in [1.54, 1.807) is 0 Å². The van der Waals surface area contributed by atoms with Gasteiger partial charge in [-0.05, 0) is 31.6 Å². The molecule has 3 heteroatoms. The number of amides is 1. The highest BCUT2D eigenvalue weighted by Crippen LogP contribution is 2.30. The molecule has 74 valence electrons. The molecule has 0 atom stereocenters. The summed E-state index contributed by atoms with van der Waals surface area (Å²) in [6.45, 7) is 0.274. The highest BCUT2D eigenvalue weighted by atomic mass is 16.3. The van der Waals surface area contributed by atoms with E-state index in [0.717, 1.165) is 25.7 Å². The summed E-state index contributed by atoms with van der Waals surface area (Å²) in [6, 6.07) is 0.352. The molecule has 0 saturated heterocycles. The van der Waals surface area contributed by atoms with E-state index in [1.807, 2.05) is 0 Å². The molecule has 0 aromatic carbocycles. The summed E-state index contributed by atoms with van der Waals surface area (Å²) in [4.78, 5) is 11.4. The summed E-state index contributed by atoms with van der Waals surface area (Å²) in [5, 5.41) is 11.8. The Morgan fingerprint density at radius 3 is 2.54 bits per heavy atom. The van der Waals surface area contributed by atoms with Crippen LogP contribution in [0.15, 0.2) is 0 Å². The van der Waals surface area contributed by atoms with E-state index in [9.17, 15) is 4.79 Å². The van der Waals surface area contributed by atoms with Gasteiger partial charge in [0.15, 0.2) is 0 Å². The van der Waals surface area contributed by atoms with Gasteiger partial charge < -0.3 is 10.4 Å². The second-order valence-electron chi connectivity index (χ2n) is 4.35. The first-order chi connectivity index (χ1) is 6.29. The van der Waals surface area contributed by atoms with Gasteiger partial charge >= 0.3 is 0 Å². The number of hydrogen-bond acceptors (Lipinski definition) is 2. The minimum absolute atomic E-state index is 0.243. The fourth-order valence-corrected chi connectivity index (χ4v) is 1.99. The van der Waals surface area contributed by atoms with Crippen LogP contribution in [-0.4, -0.2) is 23.7 Å². The third kappa shape index (κ3) is 1.85. The van der Waals surface area contributed by atoms with Gasteiger partial charge in [0.1, 0.15) is 0 Å². The number of carbonyl (C=O) groups is 1. The lowest BCUT2D eigenvalue weighted by molar-refractivity contribution is -0.129. The second kappa shape index (κ2) is 3.66.